The van der Waals surface area contributed by atoms with E-state index in [1.165, 1.54) is 0 Å². The zero-order valence-corrected chi connectivity index (χ0v) is 12.5. The quantitative estimate of drug-likeness (QED) is 0.288. The van der Waals surface area contributed by atoms with Crippen LogP contribution in [-0.4, -0.2) is 10.9 Å². The zero-order valence-electron chi connectivity index (χ0n) is 11.0. The Morgan fingerprint density at radius 3 is 2.09 bits per heavy atom. The van der Waals surface area contributed by atoms with Gasteiger partial charge in [-0.1, -0.05) is 28.3 Å². The summed E-state index contributed by atoms with van der Waals surface area (Å²) in [6.07, 6.45) is 0. The number of benzene rings is 2. The second-order valence-electron chi connectivity index (χ2n) is 3.96. The molecule has 0 saturated carbocycles. The van der Waals surface area contributed by atoms with E-state index in [1.807, 2.05) is 0 Å². The largest absolute Gasteiger partial charge is 0.511 e. The monoisotopic (exact) mass is 337 g/mol. The fourth-order valence-electron chi connectivity index (χ4n) is 1.35. The van der Waals surface area contributed by atoms with E-state index in [9.17, 15) is 10.1 Å². The number of hydrogen-bond acceptors (Lipinski definition) is 5. The summed E-state index contributed by atoms with van der Waals surface area (Å²) in [7, 11) is 0. The summed E-state index contributed by atoms with van der Waals surface area (Å²) in [5.74, 6) is -0.676. The standard InChI is InChI=1S/C13H9Cl2N5O2/c14-9-1-5-11(6-2-9)16-18-13(20(21)22)19-17-12-7-3-10(15)4-8-12/h1-8,16H. The van der Waals surface area contributed by atoms with E-state index < -0.39 is 10.9 Å². The molecule has 0 amide bonds. The van der Waals surface area contributed by atoms with E-state index in [0.29, 0.717) is 21.4 Å². The van der Waals surface area contributed by atoms with Crippen LogP contribution in [0.25, 0.3) is 0 Å². The average molecular weight is 338 g/mol. The lowest BCUT2D eigenvalue weighted by Gasteiger charge is -1.96. The Hall–Kier alpha value is -2.51. The molecule has 22 heavy (non-hydrogen) atoms. The van der Waals surface area contributed by atoms with Gasteiger partial charge >= 0.3 is 5.96 Å². The maximum Gasteiger partial charge on any atom is 0.511 e. The van der Waals surface area contributed by atoms with Crippen molar-refractivity contribution in [2.45, 2.75) is 0 Å². The molecular weight excluding hydrogens is 329 g/mol. The summed E-state index contributed by atoms with van der Waals surface area (Å²) in [5, 5.41) is 22.8. The fourth-order valence-corrected chi connectivity index (χ4v) is 1.60. The number of nitrogens with zero attached hydrogens (tertiary/aromatic N) is 4. The van der Waals surface area contributed by atoms with Crippen LogP contribution in [0.3, 0.4) is 0 Å². The van der Waals surface area contributed by atoms with Gasteiger partial charge in [-0.25, -0.2) is 5.43 Å². The Bertz CT molecular complexity index is 714. The van der Waals surface area contributed by atoms with Crippen molar-refractivity contribution < 1.29 is 4.92 Å². The third-order valence-electron chi connectivity index (χ3n) is 2.37. The molecule has 0 fully saturated rings. The highest BCUT2D eigenvalue weighted by atomic mass is 35.5. The van der Waals surface area contributed by atoms with Gasteiger partial charge in [0.05, 0.1) is 10.8 Å². The summed E-state index contributed by atoms with van der Waals surface area (Å²) in [6, 6.07) is 12.9. The average Bonchev–Trinajstić information content (AvgIpc) is 2.50. The Morgan fingerprint density at radius 1 is 1.00 bits per heavy atom. The number of nitrogens with one attached hydrogen (secondary N) is 1. The lowest BCUT2D eigenvalue weighted by molar-refractivity contribution is -0.352. The first-order chi connectivity index (χ1) is 10.5. The minimum absolute atomic E-state index is 0.422. The van der Waals surface area contributed by atoms with Crippen LogP contribution in [-0.2, 0) is 0 Å². The highest BCUT2D eigenvalue weighted by Crippen LogP contribution is 2.17. The molecule has 0 aliphatic carbocycles. The maximum absolute atomic E-state index is 10.9. The molecule has 9 heteroatoms. The van der Waals surface area contributed by atoms with Crippen molar-refractivity contribution in [3.8, 4) is 0 Å². The number of hydrogen-bond donors (Lipinski definition) is 1. The molecular formula is C13H9Cl2N5O2. The molecule has 0 bridgehead atoms. The molecule has 1 N–H and O–H groups in total. The van der Waals surface area contributed by atoms with Gasteiger partial charge < -0.3 is 10.1 Å². The first-order valence-corrected chi connectivity index (χ1v) is 6.71. The van der Waals surface area contributed by atoms with Crippen LogP contribution in [0.5, 0.6) is 0 Å². The predicted octanol–water partition coefficient (Wildman–Crippen LogP) is 4.74. The van der Waals surface area contributed by atoms with E-state index >= 15 is 0 Å². The third-order valence-corrected chi connectivity index (χ3v) is 2.88. The van der Waals surface area contributed by atoms with Crippen LogP contribution >= 0.6 is 23.2 Å². The molecule has 2 aromatic rings. The van der Waals surface area contributed by atoms with E-state index in [0.717, 1.165) is 0 Å². The second-order valence-corrected chi connectivity index (χ2v) is 4.84. The molecule has 0 heterocycles. The van der Waals surface area contributed by atoms with Crippen molar-refractivity contribution in [2.24, 2.45) is 15.3 Å². The Balaban J connectivity index is 2.12. The van der Waals surface area contributed by atoms with E-state index in [2.05, 4.69) is 20.8 Å². The molecule has 2 aromatic carbocycles. The van der Waals surface area contributed by atoms with Crippen LogP contribution in [0.4, 0.5) is 11.4 Å². The van der Waals surface area contributed by atoms with Crippen LogP contribution in [0.15, 0.2) is 63.9 Å². The highest BCUT2D eigenvalue weighted by molar-refractivity contribution is 6.30. The molecule has 0 aliphatic rings. The highest BCUT2D eigenvalue weighted by Gasteiger charge is 2.12. The number of hydrazone groups is 1. The molecule has 0 spiro atoms. The molecule has 0 aromatic heterocycles. The van der Waals surface area contributed by atoms with Crippen LogP contribution in [0, 0.1) is 10.1 Å². The zero-order chi connectivity index (χ0) is 15.9. The lowest BCUT2D eigenvalue weighted by Crippen LogP contribution is -2.10. The van der Waals surface area contributed by atoms with Crippen molar-refractivity contribution in [1.82, 2.24) is 0 Å². The molecule has 112 valence electrons. The number of nitro groups is 1. The Labute approximate surface area is 135 Å². The molecule has 0 aliphatic heterocycles. The third kappa shape index (κ3) is 4.80. The van der Waals surface area contributed by atoms with Crippen LogP contribution in [0.1, 0.15) is 0 Å². The maximum atomic E-state index is 10.9. The number of guanidine groups is 1. The summed E-state index contributed by atoms with van der Waals surface area (Å²) in [5.41, 5.74) is 3.47. The number of halogens is 2. The predicted molar refractivity (Wildman–Crippen MR) is 85.5 cm³/mol. The SMILES string of the molecule is O=[N+]([O-])C(N=Nc1ccc(Cl)cc1)=NNc1ccc(Cl)cc1. The lowest BCUT2D eigenvalue weighted by atomic mass is 10.3. The van der Waals surface area contributed by atoms with E-state index in [4.69, 9.17) is 23.2 Å². The van der Waals surface area contributed by atoms with Gasteiger partial charge in [-0.2, -0.15) is 0 Å². The van der Waals surface area contributed by atoms with Gasteiger partial charge in [-0.15, -0.1) is 0 Å². The molecule has 0 atom stereocenters. The van der Waals surface area contributed by atoms with Crippen LogP contribution < -0.4 is 5.43 Å². The fraction of sp³-hybridized carbons (Fsp3) is 0. The van der Waals surface area contributed by atoms with Crippen LogP contribution in [0.2, 0.25) is 10.0 Å². The summed E-state index contributed by atoms with van der Waals surface area (Å²) in [6.45, 7) is 0. The first kappa shape index (κ1) is 15.9. The van der Waals surface area contributed by atoms with Crippen molar-refractivity contribution in [1.29, 1.82) is 0 Å². The minimum Gasteiger partial charge on any atom is -0.390 e. The van der Waals surface area contributed by atoms with Crippen molar-refractivity contribution >= 4 is 40.5 Å². The topological polar surface area (TPSA) is 92.2 Å². The molecule has 0 radical (unpaired) electrons. The smallest absolute Gasteiger partial charge is 0.390 e. The molecule has 7 nitrogen and oxygen atoms in total. The van der Waals surface area contributed by atoms with Crippen molar-refractivity contribution in [3.63, 3.8) is 0 Å². The van der Waals surface area contributed by atoms with Crippen molar-refractivity contribution in [3.05, 3.63) is 68.7 Å². The van der Waals surface area contributed by atoms with E-state index in [-0.39, 0.29) is 0 Å². The molecule has 0 saturated heterocycles. The van der Waals surface area contributed by atoms with Gasteiger partial charge in [-0.05, 0) is 53.5 Å². The summed E-state index contributed by atoms with van der Waals surface area (Å²) in [4.78, 5) is 10.1. The van der Waals surface area contributed by atoms with Gasteiger partial charge in [0.2, 0.25) is 0 Å². The van der Waals surface area contributed by atoms with E-state index in [1.54, 1.807) is 48.5 Å². The summed E-state index contributed by atoms with van der Waals surface area (Å²) >= 11 is 11.5. The van der Waals surface area contributed by atoms with Gasteiger partial charge in [0.25, 0.3) is 0 Å². The number of anilines is 1. The number of rotatable bonds is 3. The van der Waals surface area contributed by atoms with Gasteiger partial charge in [-0.3, -0.25) is 0 Å². The van der Waals surface area contributed by atoms with Gasteiger partial charge in [0.1, 0.15) is 5.69 Å². The van der Waals surface area contributed by atoms with Gasteiger partial charge in [0, 0.05) is 15.1 Å². The Morgan fingerprint density at radius 2 is 1.55 bits per heavy atom. The first-order valence-electron chi connectivity index (χ1n) is 5.95. The normalized spacial score (nSPS) is 11.6. The number of azo groups is 1. The second kappa shape index (κ2) is 7.48. The van der Waals surface area contributed by atoms with Crippen molar-refractivity contribution in [2.75, 3.05) is 5.43 Å². The van der Waals surface area contributed by atoms with Gasteiger partial charge in [0.15, 0.2) is 0 Å². The molecule has 2 rings (SSSR count). The minimum atomic E-state index is -0.748. The summed E-state index contributed by atoms with van der Waals surface area (Å²) < 4.78 is 0. The Kier molecular flexibility index (Phi) is 5.40. The molecule has 0 unspecified atom stereocenters.